The summed E-state index contributed by atoms with van der Waals surface area (Å²) >= 11 is 0. The first-order chi connectivity index (χ1) is 9.63. The van der Waals surface area contributed by atoms with E-state index in [1.165, 1.54) is 36.0 Å². The lowest BCUT2D eigenvalue weighted by Crippen LogP contribution is -2.48. The first-order valence-electron chi connectivity index (χ1n) is 7.81. The minimum Gasteiger partial charge on any atom is -0.375 e. The van der Waals surface area contributed by atoms with Gasteiger partial charge in [-0.25, -0.2) is 0 Å². The number of nitrogens with two attached hydrogens (primary N) is 1. The van der Waals surface area contributed by atoms with Crippen LogP contribution in [0.25, 0.3) is 0 Å². The van der Waals surface area contributed by atoms with Crippen molar-refractivity contribution in [2.75, 3.05) is 6.61 Å². The summed E-state index contributed by atoms with van der Waals surface area (Å²) in [6.45, 7) is 5.21. The van der Waals surface area contributed by atoms with Gasteiger partial charge in [-0.2, -0.15) is 0 Å². The molecule has 1 aromatic rings. The van der Waals surface area contributed by atoms with E-state index in [1.807, 2.05) is 0 Å². The summed E-state index contributed by atoms with van der Waals surface area (Å²) in [5.41, 5.74) is 7.25. The van der Waals surface area contributed by atoms with Gasteiger partial charge in [-0.3, -0.25) is 11.3 Å². The van der Waals surface area contributed by atoms with Crippen molar-refractivity contribution in [1.29, 1.82) is 0 Å². The summed E-state index contributed by atoms with van der Waals surface area (Å²) in [6, 6.07) is 6.92. The molecule has 0 amide bonds. The lowest BCUT2D eigenvalue weighted by molar-refractivity contribution is -0.147. The molecule has 110 valence electrons. The van der Waals surface area contributed by atoms with Crippen molar-refractivity contribution in [3.63, 3.8) is 0 Å². The van der Waals surface area contributed by atoms with Crippen LogP contribution in [0.2, 0.25) is 0 Å². The van der Waals surface area contributed by atoms with E-state index in [1.54, 1.807) is 0 Å². The molecule has 20 heavy (non-hydrogen) atoms. The topological polar surface area (TPSA) is 47.3 Å². The quantitative estimate of drug-likeness (QED) is 0.657. The van der Waals surface area contributed by atoms with Crippen molar-refractivity contribution in [1.82, 2.24) is 5.43 Å². The van der Waals surface area contributed by atoms with E-state index in [-0.39, 0.29) is 11.6 Å². The third-order valence-corrected chi connectivity index (χ3v) is 5.21. The van der Waals surface area contributed by atoms with Crippen LogP contribution in [0.5, 0.6) is 0 Å². The number of rotatable bonds is 3. The van der Waals surface area contributed by atoms with Crippen molar-refractivity contribution >= 4 is 0 Å². The fourth-order valence-electron chi connectivity index (χ4n) is 3.92. The molecule has 3 heteroatoms. The first-order valence-corrected chi connectivity index (χ1v) is 7.81. The van der Waals surface area contributed by atoms with Crippen LogP contribution >= 0.6 is 0 Å². The molecule has 1 spiro atoms. The van der Waals surface area contributed by atoms with Gasteiger partial charge in [0.25, 0.3) is 0 Å². The largest absolute Gasteiger partial charge is 0.375 e. The molecule has 1 heterocycles. The Morgan fingerprint density at radius 3 is 2.75 bits per heavy atom. The Morgan fingerprint density at radius 1 is 1.35 bits per heavy atom. The molecule has 2 aliphatic rings. The highest BCUT2D eigenvalue weighted by atomic mass is 16.5. The summed E-state index contributed by atoms with van der Waals surface area (Å²) in [5.74, 6) is 6.48. The lowest BCUT2D eigenvalue weighted by atomic mass is 9.69. The predicted molar refractivity (Wildman–Crippen MR) is 81.2 cm³/mol. The number of hydrogen-bond acceptors (Lipinski definition) is 3. The van der Waals surface area contributed by atoms with E-state index >= 15 is 0 Å². The molecule has 2 unspecified atom stereocenters. The maximum absolute atomic E-state index is 6.04. The fourth-order valence-corrected chi connectivity index (χ4v) is 3.92. The van der Waals surface area contributed by atoms with Crippen molar-refractivity contribution in [3.8, 4) is 0 Å². The smallest absolute Gasteiger partial charge is 0.0686 e. The number of aryl methyl sites for hydroxylation is 2. The van der Waals surface area contributed by atoms with Gasteiger partial charge in [0.2, 0.25) is 0 Å². The van der Waals surface area contributed by atoms with Gasteiger partial charge in [0, 0.05) is 12.6 Å². The molecular weight excluding hydrogens is 248 g/mol. The van der Waals surface area contributed by atoms with E-state index in [0.29, 0.717) is 5.92 Å². The third kappa shape index (κ3) is 2.50. The van der Waals surface area contributed by atoms with Crippen molar-refractivity contribution in [2.24, 2.45) is 11.8 Å². The molecule has 1 saturated carbocycles. The number of hydrogen-bond donors (Lipinski definition) is 2. The molecule has 0 radical (unpaired) electrons. The molecule has 2 atom stereocenters. The monoisotopic (exact) mass is 274 g/mol. The Kier molecular flexibility index (Phi) is 3.85. The normalized spacial score (nSPS) is 26.2. The molecule has 1 aliphatic heterocycles. The van der Waals surface area contributed by atoms with Crippen LogP contribution < -0.4 is 11.3 Å². The molecule has 0 bridgehead atoms. The van der Waals surface area contributed by atoms with Crippen LogP contribution in [0.1, 0.15) is 54.8 Å². The fraction of sp³-hybridized carbons (Fsp3) is 0.647. The van der Waals surface area contributed by atoms with E-state index in [0.717, 1.165) is 19.4 Å². The zero-order chi connectivity index (χ0) is 14.2. The van der Waals surface area contributed by atoms with Gasteiger partial charge in [-0.15, -0.1) is 0 Å². The molecule has 0 aromatic heterocycles. The van der Waals surface area contributed by atoms with Gasteiger partial charge < -0.3 is 4.74 Å². The highest BCUT2D eigenvalue weighted by molar-refractivity contribution is 5.33. The Hall–Kier alpha value is -0.900. The molecule has 1 aromatic carbocycles. The van der Waals surface area contributed by atoms with Gasteiger partial charge in [0.1, 0.15) is 0 Å². The minimum atomic E-state index is 0.177. The standard InChI is InChI=1S/C17H26N2O/c1-12-4-5-15(13(2)10-12)16(19-18)14-6-9-20-17(11-14)7-3-8-17/h4-5,10,14,16,19H,3,6-9,11,18H2,1-2H3. The van der Waals surface area contributed by atoms with Crippen molar-refractivity contribution in [2.45, 2.75) is 57.6 Å². The molecule has 1 saturated heterocycles. The van der Waals surface area contributed by atoms with Crippen molar-refractivity contribution < 1.29 is 4.74 Å². The molecule has 2 fully saturated rings. The average molecular weight is 274 g/mol. The van der Waals surface area contributed by atoms with E-state index in [9.17, 15) is 0 Å². The average Bonchev–Trinajstić information content (AvgIpc) is 2.40. The van der Waals surface area contributed by atoms with Crippen LogP contribution in [-0.2, 0) is 4.74 Å². The SMILES string of the molecule is Cc1ccc(C(NN)C2CCOC3(CCC3)C2)c(C)c1. The van der Waals surface area contributed by atoms with Crippen LogP contribution in [-0.4, -0.2) is 12.2 Å². The third-order valence-electron chi connectivity index (χ3n) is 5.21. The summed E-state index contributed by atoms with van der Waals surface area (Å²) in [7, 11) is 0. The Balaban J connectivity index is 1.81. The second kappa shape index (κ2) is 5.47. The van der Waals surface area contributed by atoms with Crippen LogP contribution in [0.3, 0.4) is 0 Å². The minimum absolute atomic E-state index is 0.177. The van der Waals surface area contributed by atoms with E-state index in [4.69, 9.17) is 10.6 Å². The van der Waals surface area contributed by atoms with Gasteiger partial charge in [0.15, 0.2) is 0 Å². The van der Waals surface area contributed by atoms with Gasteiger partial charge in [0.05, 0.1) is 5.60 Å². The predicted octanol–water partition coefficient (Wildman–Crippen LogP) is 3.16. The number of nitrogens with one attached hydrogen (secondary N) is 1. The second-order valence-corrected chi connectivity index (χ2v) is 6.64. The summed E-state index contributed by atoms with van der Waals surface area (Å²) in [4.78, 5) is 0. The Morgan fingerprint density at radius 2 is 2.15 bits per heavy atom. The van der Waals surface area contributed by atoms with Gasteiger partial charge in [-0.05, 0) is 63.0 Å². The maximum Gasteiger partial charge on any atom is 0.0686 e. The molecule has 3 rings (SSSR count). The highest BCUT2D eigenvalue weighted by Gasteiger charge is 2.44. The Labute approximate surface area is 121 Å². The van der Waals surface area contributed by atoms with Crippen LogP contribution in [0.4, 0.5) is 0 Å². The van der Waals surface area contributed by atoms with Crippen LogP contribution in [0, 0.1) is 19.8 Å². The molecule has 3 nitrogen and oxygen atoms in total. The highest BCUT2D eigenvalue weighted by Crippen LogP contribution is 2.47. The van der Waals surface area contributed by atoms with Crippen molar-refractivity contribution in [3.05, 3.63) is 34.9 Å². The van der Waals surface area contributed by atoms with E-state index < -0.39 is 0 Å². The first kappa shape index (κ1) is 14.1. The number of ether oxygens (including phenoxy) is 1. The zero-order valence-electron chi connectivity index (χ0n) is 12.6. The number of hydrazine groups is 1. The van der Waals surface area contributed by atoms with Crippen LogP contribution in [0.15, 0.2) is 18.2 Å². The summed E-state index contributed by atoms with van der Waals surface area (Å²) in [5, 5.41) is 0. The molecule has 3 N–H and O–H groups in total. The van der Waals surface area contributed by atoms with Gasteiger partial charge in [-0.1, -0.05) is 23.8 Å². The lowest BCUT2D eigenvalue weighted by Gasteiger charge is -2.48. The zero-order valence-corrected chi connectivity index (χ0v) is 12.6. The molecule has 1 aliphatic carbocycles. The summed E-state index contributed by atoms with van der Waals surface area (Å²) in [6.07, 6.45) is 6.03. The maximum atomic E-state index is 6.04. The molecular formula is C17H26N2O. The summed E-state index contributed by atoms with van der Waals surface area (Å²) < 4.78 is 6.04. The van der Waals surface area contributed by atoms with Gasteiger partial charge >= 0.3 is 0 Å². The Bertz CT molecular complexity index is 482. The number of benzene rings is 1. The second-order valence-electron chi connectivity index (χ2n) is 6.64. The van der Waals surface area contributed by atoms with E-state index in [2.05, 4.69) is 37.5 Å².